The van der Waals surface area contributed by atoms with Gasteiger partial charge in [0.15, 0.2) is 0 Å². The molecule has 0 aromatic heterocycles. The van der Waals surface area contributed by atoms with Crippen LogP contribution in [0.3, 0.4) is 0 Å². The average Bonchev–Trinajstić information content (AvgIpc) is 2.34. The Labute approximate surface area is 109 Å². The van der Waals surface area contributed by atoms with Gasteiger partial charge in [0.2, 0.25) is 0 Å². The highest BCUT2D eigenvalue weighted by atomic mass is 16.4. The molecule has 0 aliphatic rings. The smallest absolute Gasteiger partial charge is 0.320 e. The van der Waals surface area contributed by atoms with Crippen LogP contribution in [0.5, 0.6) is 0 Å². The van der Waals surface area contributed by atoms with E-state index in [1.807, 2.05) is 26.0 Å². The fourth-order valence-electron chi connectivity index (χ4n) is 2.05. The maximum atomic E-state index is 11.1. The predicted octanol–water partition coefficient (Wildman–Crippen LogP) is 2.84. The highest BCUT2D eigenvalue weighted by Gasteiger charge is 2.18. The normalized spacial score (nSPS) is 12.7. The minimum absolute atomic E-state index is 0.375. The van der Waals surface area contributed by atoms with Gasteiger partial charge in [0.05, 0.1) is 0 Å². The molecule has 0 spiro atoms. The highest BCUT2D eigenvalue weighted by Crippen LogP contribution is 2.11. The van der Waals surface area contributed by atoms with Gasteiger partial charge in [-0.1, -0.05) is 45.0 Å². The lowest BCUT2D eigenvalue weighted by Crippen LogP contribution is -2.37. The molecule has 1 rings (SSSR count). The van der Waals surface area contributed by atoms with Crippen LogP contribution in [0, 0.1) is 5.92 Å². The van der Waals surface area contributed by atoms with Gasteiger partial charge in [0.25, 0.3) is 0 Å². The lowest BCUT2D eigenvalue weighted by atomic mass is 10.0. The van der Waals surface area contributed by atoms with Crippen LogP contribution in [-0.2, 0) is 17.8 Å². The highest BCUT2D eigenvalue weighted by molar-refractivity contribution is 5.73. The number of aryl methyl sites for hydroxylation is 1. The second kappa shape index (κ2) is 7.17. The Kier molecular flexibility index (Phi) is 5.86. The van der Waals surface area contributed by atoms with Crippen molar-refractivity contribution >= 4 is 5.97 Å². The van der Waals surface area contributed by atoms with E-state index >= 15 is 0 Å². The van der Waals surface area contributed by atoms with E-state index in [-0.39, 0.29) is 0 Å². The molecular weight excluding hydrogens is 226 g/mol. The molecular formula is C15H23NO2. The predicted molar refractivity (Wildman–Crippen MR) is 73.5 cm³/mol. The minimum Gasteiger partial charge on any atom is -0.480 e. The van der Waals surface area contributed by atoms with Crippen LogP contribution < -0.4 is 5.32 Å². The van der Waals surface area contributed by atoms with Crippen LogP contribution in [0.15, 0.2) is 24.3 Å². The van der Waals surface area contributed by atoms with Crippen molar-refractivity contribution in [3.63, 3.8) is 0 Å². The Morgan fingerprint density at radius 1 is 1.28 bits per heavy atom. The van der Waals surface area contributed by atoms with Gasteiger partial charge in [0.1, 0.15) is 6.04 Å². The molecule has 0 saturated heterocycles. The second-order valence-corrected chi connectivity index (χ2v) is 5.02. The first-order chi connectivity index (χ1) is 8.54. The standard InChI is InChI=1S/C15H23NO2/c1-4-12-7-5-6-8-13(12)10-16-14(15(17)18)9-11(2)3/h5-8,11,14,16H,4,9-10H2,1-3H3,(H,17,18). The molecule has 0 saturated carbocycles. The third kappa shape index (κ3) is 4.49. The van der Waals surface area contributed by atoms with Crippen molar-refractivity contribution in [2.24, 2.45) is 5.92 Å². The summed E-state index contributed by atoms with van der Waals surface area (Å²) in [7, 11) is 0. The molecule has 0 bridgehead atoms. The van der Waals surface area contributed by atoms with E-state index < -0.39 is 12.0 Å². The molecule has 18 heavy (non-hydrogen) atoms. The van der Waals surface area contributed by atoms with Gasteiger partial charge < -0.3 is 10.4 Å². The summed E-state index contributed by atoms with van der Waals surface area (Å²) in [5.74, 6) is -0.391. The molecule has 2 N–H and O–H groups in total. The second-order valence-electron chi connectivity index (χ2n) is 5.02. The summed E-state index contributed by atoms with van der Waals surface area (Å²) in [5.41, 5.74) is 2.47. The fourth-order valence-corrected chi connectivity index (χ4v) is 2.05. The molecule has 0 heterocycles. The van der Waals surface area contributed by atoms with Crippen LogP contribution in [0.25, 0.3) is 0 Å². The van der Waals surface area contributed by atoms with Crippen molar-refractivity contribution < 1.29 is 9.90 Å². The van der Waals surface area contributed by atoms with E-state index in [1.54, 1.807) is 0 Å². The topological polar surface area (TPSA) is 49.3 Å². The van der Waals surface area contributed by atoms with Gasteiger partial charge in [0, 0.05) is 6.54 Å². The number of carboxylic acid groups (broad SMARTS) is 1. The Hall–Kier alpha value is -1.35. The van der Waals surface area contributed by atoms with Crippen molar-refractivity contribution in [2.45, 2.75) is 46.2 Å². The van der Waals surface area contributed by atoms with E-state index in [2.05, 4.69) is 24.4 Å². The van der Waals surface area contributed by atoms with Crippen LogP contribution in [0.2, 0.25) is 0 Å². The number of hydrogen-bond donors (Lipinski definition) is 2. The van der Waals surface area contributed by atoms with Crippen LogP contribution in [0.4, 0.5) is 0 Å². The number of carbonyl (C=O) groups is 1. The summed E-state index contributed by atoms with van der Waals surface area (Å²) in [6.45, 7) is 6.81. The summed E-state index contributed by atoms with van der Waals surface area (Å²) in [4.78, 5) is 11.1. The number of rotatable bonds is 7. The molecule has 1 unspecified atom stereocenters. The van der Waals surface area contributed by atoms with Crippen molar-refractivity contribution in [1.82, 2.24) is 5.32 Å². The molecule has 0 fully saturated rings. The van der Waals surface area contributed by atoms with Gasteiger partial charge in [-0.25, -0.2) is 0 Å². The third-order valence-electron chi connectivity index (χ3n) is 3.04. The van der Waals surface area contributed by atoms with Crippen LogP contribution in [0.1, 0.15) is 38.3 Å². The van der Waals surface area contributed by atoms with Gasteiger partial charge in [-0.2, -0.15) is 0 Å². The van der Waals surface area contributed by atoms with E-state index in [0.29, 0.717) is 18.9 Å². The molecule has 1 aromatic rings. The van der Waals surface area contributed by atoms with Gasteiger partial charge >= 0.3 is 5.97 Å². The summed E-state index contributed by atoms with van der Waals surface area (Å²) >= 11 is 0. The van der Waals surface area contributed by atoms with Crippen molar-refractivity contribution in [3.05, 3.63) is 35.4 Å². The van der Waals surface area contributed by atoms with Gasteiger partial charge in [-0.15, -0.1) is 0 Å². The lowest BCUT2D eigenvalue weighted by molar-refractivity contribution is -0.140. The Morgan fingerprint density at radius 2 is 1.89 bits per heavy atom. The number of aliphatic carboxylic acids is 1. The summed E-state index contributed by atoms with van der Waals surface area (Å²) in [6, 6.07) is 7.70. The molecule has 0 amide bonds. The summed E-state index contributed by atoms with van der Waals surface area (Å²) in [5, 5.41) is 12.3. The molecule has 0 radical (unpaired) electrons. The monoisotopic (exact) mass is 249 g/mol. The molecule has 3 nitrogen and oxygen atoms in total. The van der Waals surface area contributed by atoms with E-state index in [4.69, 9.17) is 5.11 Å². The Bertz CT molecular complexity index is 388. The number of nitrogens with one attached hydrogen (secondary N) is 1. The lowest BCUT2D eigenvalue weighted by Gasteiger charge is -2.17. The quantitative estimate of drug-likeness (QED) is 0.781. The zero-order valence-electron chi connectivity index (χ0n) is 11.4. The number of hydrogen-bond acceptors (Lipinski definition) is 2. The van der Waals surface area contributed by atoms with Crippen molar-refractivity contribution in [2.75, 3.05) is 0 Å². The van der Waals surface area contributed by atoms with E-state index in [0.717, 1.165) is 6.42 Å². The zero-order valence-corrected chi connectivity index (χ0v) is 11.4. The third-order valence-corrected chi connectivity index (χ3v) is 3.04. The molecule has 1 atom stereocenters. The molecule has 3 heteroatoms. The Balaban J connectivity index is 2.64. The molecule has 0 aliphatic carbocycles. The summed E-state index contributed by atoms with van der Waals surface area (Å²) in [6.07, 6.45) is 1.63. The van der Waals surface area contributed by atoms with Crippen LogP contribution in [-0.4, -0.2) is 17.1 Å². The molecule has 1 aromatic carbocycles. The SMILES string of the molecule is CCc1ccccc1CNC(CC(C)C)C(=O)O. The first kappa shape index (κ1) is 14.7. The van der Waals surface area contributed by atoms with E-state index in [1.165, 1.54) is 11.1 Å². The molecule has 100 valence electrons. The van der Waals surface area contributed by atoms with Gasteiger partial charge in [-0.3, -0.25) is 4.79 Å². The minimum atomic E-state index is -0.766. The fraction of sp³-hybridized carbons (Fsp3) is 0.533. The maximum Gasteiger partial charge on any atom is 0.320 e. The van der Waals surface area contributed by atoms with E-state index in [9.17, 15) is 4.79 Å². The molecule has 0 aliphatic heterocycles. The zero-order chi connectivity index (χ0) is 13.5. The summed E-state index contributed by atoms with van der Waals surface area (Å²) < 4.78 is 0. The average molecular weight is 249 g/mol. The number of carboxylic acids is 1. The van der Waals surface area contributed by atoms with Gasteiger partial charge in [-0.05, 0) is 29.9 Å². The van der Waals surface area contributed by atoms with Crippen LogP contribution >= 0.6 is 0 Å². The van der Waals surface area contributed by atoms with Crippen molar-refractivity contribution in [3.8, 4) is 0 Å². The Morgan fingerprint density at radius 3 is 2.39 bits per heavy atom. The van der Waals surface area contributed by atoms with Crippen molar-refractivity contribution in [1.29, 1.82) is 0 Å². The first-order valence-corrected chi connectivity index (χ1v) is 6.57. The largest absolute Gasteiger partial charge is 0.480 e. The maximum absolute atomic E-state index is 11.1. The first-order valence-electron chi connectivity index (χ1n) is 6.57. The number of benzene rings is 1.